The lowest BCUT2D eigenvalue weighted by atomic mass is 10.2. The Balaban J connectivity index is 2.44. The lowest BCUT2D eigenvalue weighted by Crippen LogP contribution is -2.28. The van der Waals surface area contributed by atoms with Crippen molar-refractivity contribution in [2.24, 2.45) is 0 Å². The van der Waals surface area contributed by atoms with Gasteiger partial charge in [0.05, 0.1) is 6.54 Å². The molecule has 0 saturated heterocycles. The van der Waals surface area contributed by atoms with Gasteiger partial charge in [-0.1, -0.05) is 38.0 Å². The molecule has 0 saturated carbocycles. The Bertz CT molecular complexity index is 412. The second-order valence-corrected chi connectivity index (χ2v) is 4.71. The van der Waals surface area contributed by atoms with Crippen molar-refractivity contribution in [3.8, 4) is 18.1 Å². The Kier molecular flexibility index (Phi) is 8.53. The summed E-state index contributed by atoms with van der Waals surface area (Å²) in [4.78, 5) is 2.19. The van der Waals surface area contributed by atoms with Gasteiger partial charge in [0.1, 0.15) is 12.4 Å². The topological polar surface area (TPSA) is 24.5 Å². The fourth-order valence-corrected chi connectivity index (χ4v) is 1.95. The van der Waals surface area contributed by atoms with Crippen molar-refractivity contribution < 1.29 is 4.74 Å². The minimum Gasteiger partial charge on any atom is -0.492 e. The van der Waals surface area contributed by atoms with Crippen LogP contribution < -0.4 is 10.1 Å². The normalized spacial score (nSPS) is 10.5. The first-order valence-electron chi connectivity index (χ1n) is 7.39. The van der Waals surface area contributed by atoms with Crippen LogP contribution in [0.2, 0.25) is 0 Å². The van der Waals surface area contributed by atoms with Crippen LogP contribution in [0.1, 0.15) is 25.8 Å². The molecule has 0 aliphatic carbocycles. The SMILES string of the molecule is C#CCN(CC)CCOc1ccccc1CNCCC. The summed E-state index contributed by atoms with van der Waals surface area (Å²) in [6.07, 6.45) is 6.48. The molecule has 1 aromatic rings. The highest BCUT2D eigenvalue weighted by atomic mass is 16.5. The van der Waals surface area contributed by atoms with Crippen LogP contribution in [0, 0.1) is 12.3 Å². The summed E-state index contributed by atoms with van der Waals surface area (Å²) in [6.45, 7) is 9.32. The molecule has 0 aliphatic rings. The number of nitrogens with one attached hydrogen (secondary N) is 1. The number of hydrogen-bond acceptors (Lipinski definition) is 3. The summed E-state index contributed by atoms with van der Waals surface area (Å²) in [7, 11) is 0. The molecular weight excluding hydrogens is 248 g/mol. The van der Waals surface area contributed by atoms with Crippen molar-refractivity contribution in [3.05, 3.63) is 29.8 Å². The summed E-state index contributed by atoms with van der Waals surface area (Å²) in [5.74, 6) is 3.64. The molecule has 0 amide bonds. The Morgan fingerprint density at radius 2 is 2.10 bits per heavy atom. The molecule has 0 aliphatic heterocycles. The van der Waals surface area contributed by atoms with Gasteiger partial charge in [0.25, 0.3) is 0 Å². The molecule has 1 rings (SSSR count). The predicted molar refractivity (Wildman–Crippen MR) is 84.9 cm³/mol. The highest BCUT2D eigenvalue weighted by Crippen LogP contribution is 2.17. The predicted octanol–water partition coefficient (Wildman–Crippen LogP) is 2.52. The molecule has 3 heteroatoms. The Hall–Kier alpha value is -1.50. The summed E-state index contributed by atoms with van der Waals surface area (Å²) in [5.41, 5.74) is 1.21. The third kappa shape index (κ3) is 6.10. The fraction of sp³-hybridized carbons (Fsp3) is 0.529. The van der Waals surface area contributed by atoms with Crippen LogP contribution in [0.3, 0.4) is 0 Å². The highest BCUT2D eigenvalue weighted by molar-refractivity contribution is 5.33. The number of ether oxygens (including phenoxy) is 1. The lowest BCUT2D eigenvalue weighted by Gasteiger charge is -2.18. The molecule has 0 unspecified atom stereocenters. The molecule has 0 fully saturated rings. The van der Waals surface area contributed by atoms with Crippen molar-refractivity contribution in [2.45, 2.75) is 26.8 Å². The van der Waals surface area contributed by atoms with Crippen molar-refractivity contribution in [2.75, 3.05) is 32.8 Å². The number of hydrogen-bond donors (Lipinski definition) is 1. The smallest absolute Gasteiger partial charge is 0.123 e. The van der Waals surface area contributed by atoms with Gasteiger partial charge in [-0.15, -0.1) is 6.42 Å². The molecule has 110 valence electrons. The van der Waals surface area contributed by atoms with E-state index in [9.17, 15) is 0 Å². The van der Waals surface area contributed by atoms with Crippen molar-refractivity contribution in [3.63, 3.8) is 0 Å². The van der Waals surface area contributed by atoms with Gasteiger partial charge in [0.2, 0.25) is 0 Å². The third-order valence-corrected chi connectivity index (χ3v) is 3.14. The van der Waals surface area contributed by atoms with Crippen LogP contribution in [0.15, 0.2) is 24.3 Å². The molecular formula is C17H26N2O. The molecule has 1 aromatic carbocycles. The molecule has 0 radical (unpaired) electrons. The van der Waals surface area contributed by atoms with Crippen LogP contribution >= 0.6 is 0 Å². The first-order valence-corrected chi connectivity index (χ1v) is 7.39. The van der Waals surface area contributed by atoms with Gasteiger partial charge in [-0.2, -0.15) is 0 Å². The summed E-state index contributed by atoms with van der Waals surface area (Å²) >= 11 is 0. The van der Waals surface area contributed by atoms with E-state index in [2.05, 4.69) is 36.1 Å². The molecule has 20 heavy (non-hydrogen) atoms. The van der Waals surface area contributed by atoms with Gasteiger partial charge in [0.15, 0.2) is 0 Å². The maximum Gasteiger partial charge on any atom is 0.123 e. The van der Waals surface area contributed by atoms with Gasteiger partial charge >= 0.3 is 0 Å². The van der Waals surface area contributed by atoms with E-state index in [1.165, 1.54) is 5.56 Å². The lowest BCUT2D eigenvalue weighted by molar-refractivity contribution is 0.230. The van der Waals surface area contributed by atoms with E-state index in [1.807, 2.05) is 18.2 Å². The Labute approximate surface area is 123 Å². The first-order chi connectivity index (χ1) is 9.81. The molecule has 0 spiro atoms. The summed E-state index contributed by atoms with van der Waals surface area (Å²) in [6, 6.07) is 8.20. The van der Waals surface area contributed by atoms with Gasteiger partial charge in [-0.05, 0) is 25.6 Å². The first kappa shape index (κ1) is 16.6. The van der Waals surface area contributed by atoms with Crippen LogP contribution in [0.25, 0.3) is 0 Å². The van der Waals surface area contributed by atoms with E-state index in [0.717, 1.165) is 38.3 Å². The molecule has 0 heterocycles. The van der Waals surface area contributed by atoms with Gasteiger partial charge < -0.3 is 10.1 Å². The van der Waals surface area contributed by atoms with E-state index < -0.39 is 0 Å². The van der Waals surface area contributed by atoms with Crippen molar-refractivity contribution in [1.29, 1.82) is 0 Å². The number of rotatable bonds is 10. The zero-order chi connectivity index (χ0) is 14.6. The van der Waals surface area contributed by atoms with E-state index >= 15 is 0 Å². The maximum atomic E-state index is 5.90. The van der Waals surface area contributed by atoms with Crippen LogP contribution in [-0.2, 0) is 6.54 Å². The standard InChI is InChI=1S/C17H26N2O/c1-4-11-18-15-16-9-7-8-10-17(16)20-14-13-19(6-3)12-5-2/h2,7-10,18H,4,6,11-15H2,1,3H3. The average molecular weight is 274 g/mol. The number of benzene rings is 1. The molecule has 3 nitrogen and oxygen atoms in total. The summed E-state index contributed by atoms with van der Waals surface area (Å²) in [5, 5.41) is 3.41. The van der Waals surface area contributed by atoms with E-state index in [4.69, 9.17) is 11.2 Å². The fourth-order valence-electron chi connectivity index (χ4n) is 1.95. The maximum absolute atomic E-state index is 5.90. The summed E-state index contributed by atoms with van der Waals surface area (Å²) < 4.78 is 5.90. The Morgan fingerprint density at radius 1 is 1.30 bits per heavy atom. The van der Waals surface area contributed by atoms with Crippen LogP contribution in [-0.4, -0.2) is 37.7 Å². The second-order valence-electron chi connectivity index (χ2n) is 4.71. The number of para-hydroxylation sites is 1. The average Bonchev–Trinajstić information content (AvgIpc) is 2.48. The van der Waals surface area contributed by atoms with E-state index in [1.54, 1.807) is 0 Å². The zero-order valence-corrected chi connectivity index (χ0v) is 12.7. The second kappa shape index (κ2) is 10.3. The quantitative estimate of drug-likeness (QED) is 0.524. The largest absolute Gasteiger partial charge is 0.492 e. The third-order valence-electron chi connectivity index (χ3n) is 3.14. The van der Waals surface area contributed by atoms with Crippen LogP contribution in [0.4, 0.5) is 0 Å². The molecule has 0 bridgehead atoms. The molecule has 0 atom stereocenters. The number of likely N-dealkylation sites (N-methyl/N-ethyl adjacent to an activating group) is 1. The minimum absolute atomic E-state index is 0.667. The van der Waals surface area contributed by atoms with E-state index in [-0.39, 0.29) is 0 Å². The monoisotopic (exact) mass is 274 g/mol. The zero-order valence-electron chi connectivity index (χ0n) is 12.7. The molecule has 0 aromatic heterocycles. The molecule has 1 N–H and O–H groups in total. The van der Waals surface area contributed by atoms with Gasteiger partial charge in [-0.3, -0.25) is 4.90 Å². The van der Waals surface area contributed by atoms with Crippen LogP contribution in [0.5, 0.6) is 5.75 Å². The van der Waals surface area contributed by atoms with Crippen molar-refractivity contribution in [1.82, 2.24) is 10.2 Å². The number of nitrogens with zero attached hydrogens (tertiary/aromatic N) is 1. The minimum atomic E-state index is 0.667. The van der Waals surface area contributed by atoms with Gasteiger partial charge in [0, 0.05) is 18.7 Å². The Morgan fingerprint density at radius 3 is 2.80 bits per heavy atom. The number of terminal acetylenes is 1. The van der Waals surface area contributed by atoms with Gasteiger partial charge in [-0.25, -0.2) is 0 Å². The van der Waals surface area contributed by atoms with Crippen molar-refractivity contribution >= 4 is 0 Å². The highest BCUT2D eigenvalue weighted by Gasteiger charge is 2.04. The van der Waals surface area contributed by atoms with E-state index in [0.29, 0.717) is 13.2 Å².